The van der Waals surface area contributed by atoms with Crippen LogP contribution < -0.4 is 10.6 Å². The van der Waals surface area contributed by atoms with Crippen LogP contribution in [0.5, 0.6) is 0 Å². The lowest BCUT2D eigenvalue weighted by molar-refractivity contribution is -0.137. The van der Waals surface area contributed by atoms with Gasteiger partial charge >= 0.3 is 12.2 Å². The number of hydrogen-bond donors (Lipinski definition) is 2. The Hall–Kier alpha value is -4.73. The van der Waals surface area contributed by atoms with Gasteiger partial charge in [0.15, 0.2) is 0 Å². The van der Waals surface area contributed by atoms with Crippen LogP contribution >= 0.6 is 0 Å². The standard InChI is InChI=1S/C26H17F4N5O/c27-23-9-6-18(14-31-23)17-10-11-35-22(15-32-24(35)12-17)16-4-7-20(8-5-16)33-25(36)34-21-3-1-2-19(13-21)26(28,29)30/h1-15H,(H2,33,34,36). The number of amides is 2. The highest BCUT2D eigenvalue weighted by Crippen LogP contribution is 2.31. The van der Waals surface area contributed by atoms with E-state index in [1.54, 1.807) is 36.5 Å². The molecule has 2 N–H and O–H groups in total. The number of nitrogens with one attached hydrogen (secondary N) is 2. The van der Waals surface area contributed by atoms with Crippen molar-refractivity contribution in [3.05, 3.63) is 103 Å². The van der Waals surface area contributed by atoms with Crippen LogP contribution in [0.1, 0.15) is 5.56 Å². The third-order valence-corrected chi connectivity index (χ3v) is 5.46. The van der Waals surface area contributed by atoms with E-state index in [4.69, 9.17) is 0 Å². The molecule has 2 aromatic carbocycles. The molecule has 5 rings (SSSR count). The van der Waals surface area contributed by atoms with E-state index in [-0.39, 0.29) is 5.69 Å². The van der Waals surface area contributed by atoms with E-state index in [1.165, 1.54) is 24.4 Å². The van der Waals surface area contributed by atoms with Crippen LogP contribution in [0.15, 0.2) is 91.4 Å². The number of fused-ring (bicyclic) bond motifs is 1. The third kappa shape index (κ3) is 4.88. The molecule has 2 amide bonds. The molecule has 36 heavy (non-hydrogen) atoms. The second-order valence-electron chi connectivity index (χ2n) is 7.89. The van der Waals surface area contributed by atoms with Crippen molar-refractivity contribution in [3.8, 4) is 22.4 Å². The summed E-state index contributed by atoms with van der Waals surface area (Å²) in [7, 11) is 0. The second kappa shape index (κ2) is 9.14. The van der Waals surface area contributed by atoms with Gasteiger partial charge in [0, 0.05) is 34.9 Å². The fourth-order valence-electron chi connectivity index (χ4n) is 3.71. The van der Waals surface area contributed by atoms with E-state index < -0.39 is 23.7 Å². The Morgan fingerprint density at radius 2 is 1.53 bits per heavy atom. The molecule has 0 aliphatic rings. The molecular weight excluding hydrogens is 474 g/mol. The minimum Gasteiger partial charge on any atom is -0.308 e. The highest BCUT2D eigenvalue weighted by Gasteiger charge is 2.30. The van der Waals surface area contributed by atoms with Gasteiger partial charge in [0.05, 0.1) is 17.5 Å². The Labute approximate surface area is 202 Å². The quantitative estimate of drug-likeness (QED) is 0.213. The monoisotopic (exact) mass is 491 g/mol. The molecule has 0 radical (unpaired) electrons. The molecule has 0 saturated carbocycles. The van der Waals surface area contributed by atoms with Gasteiger partial charge in [0.1, 0.15) is 5.65 Å². The molecule has 0 bridgehead atoms. The highest BCUT2D eigenvalue weighted by molar-refractivity contribution is 5.99. The molecule has 0 spiro atoms. The summed E-state index contributed by atoms with van der Waals surface area (Å²) in [4.78, 5) is 20.4. The lowest BCUT2D eigenvalue weighted by Gasteiger charge is -2.11. The number of carbonyl (C=O) groups excluding carboxylic acids is 1. The molecule has 0 atom stereocenters. The first-order valence-corrected chi connectivity index (χ1v) is 10.7. The fraction of sp³-hybridized carbons (Fsp3) is 0.0385. The maximum atomic E-state index is 13.1. The number of hydrogen-bond acceptors (Lipinski definition) is 3. The van der Waals surface area contributed by atoms with Crippen LogP contribution in [0.2, 0.25) is 0 Å². The number of nitrogens with zero attached hydrogens (tertiary/aromatic N) is 3. The van der Waals surface area contributed by atoms with Gasteiger partial charge in [-0.15, -0.1) is 0 Å². The lowest BCUT2D eigenvalue weighted by Crippen LogP contribution is -2.19. The van der Waals surface area contributed by atoms with Crippen molar-refractivity contribution < 1.29 is 22.4 Å². The van der Waals surface area contributed by atoms with Crippen LogP contribution in [-0.2, 0) is 6.18 Å². The average Bonchev–Trinajstić information content (AvgIpc) is 3.28. The van der Waals surface area contributed by atoms with Crippen LogP contribution in [0.4, 0.5) is 33.7 Å². The highest BCUT2D eigenvalue weighted by atomic mass is 19.4. The Morgan fingerprint density at radius 1 is 0.778 bits per heavy atom. The Morgan fingerprint density at radius 3 is 2.25 bits per heavy atom. The minimum atomic E-state index is -4.50. The van der Waals surface area contributed by atoms with Gasteiger partial charge in [-0.1, -0.05) is 18.2 Å². The summed E-state index contributed by atoms with van der Waals surface area (Å²) in [5, 5.41) is 5.00. The second-order valence-corrected chi connectivity index (χ2v) is 7.89. The number of aromatic nitrogens is 3. The molecule has 0 aliphatic carbocycles. The number of urea groups is 1. The SMILES string of the molecule is O=C(Nc1ccc(-c2cnc3cc(-c4ccc(F)nc4)ccn23)cc1)Nc1cccc(C(F)(F)F)c1. The predicted octanol–water partition coefficient (Wildman–Crippen LogP) is 6.87. The van der Waals surface area contributed by atoms with Gasteiger partial charge in [0.25, 0.3) is 0 Å². The van der Waals surface area contributed by atoms with Crippen LogP contribution in [0.25, 0.3) is 28.0 Å². The van der Waals surface area contributed by atoms with E-state index >= 15 is 0 Å². The zero-order valence-corrected chi connectivity index (χ0v) is 18.4. The van der Waals surface area contributed by atoms with Gasteiger partial charge < -0.3 is 10.6 Å². The first-order chi connectivity index (χ1) is 17.3. The summed E-state index contributed by atoms with van der Waals surface area (Å²) in [5.41, 5.74) is 3.59. The molecule has 0 aliphatic heterocycles. The van der Waals surface area contributed by atoms with Gasteiger partial charge in [-0.25, -0.2) is 14.8 Å². The fourth-order valence-corrected chi connectivity index (χ4v) is 3.71. The zero-order chi connectivity index (χ0) is 25.3. The molecule has 5 aromatic rings. The smallest absolute Gasteiger partial charge is 0.308 e. The van der Waals surface area contributed by atoms with E-state index in [1.807, 2.05) is 22.7 Å². The summed E-state index contributed by atoms with van der Waals surface area (Å²) in [6.45, 7) is 0. The molecule has 180 valence electrons. The van der Waals surface area contributed by atoms with Crippen molar-refractivity contribution in [1.29, 1.82) is 0 Å². The topological polar surface area (TPSA) is 71.3 Å². The number of imidazole rings is 1. The Balaban J connectivity index is 1.29. The largest absolute Gasteiger partial charge is 0.416 e. The molecular formula is C26H17F4N5O. The van der Waals surface area contributed by atoms with Crippen molar-refractivity contribution >= 4 is 23.1 Å². The number of alkyl halides is 3. The summed E-state index contributed by atoms with van der Waals surface area (Å²) < 4.78 is 53.6. The normalized spacial score (nSPS) is 11.4. The van der Waals surface area contributed by atoms with E-state index in [9.17, 15) is 22.4 Å². The molecule has 10 heteroatoms. The summed E-state index contributed by atoms with van der Waals surface area (Å²) in [5.74, 6) is -0.547. The first kappa shape index (κ1) is 23.0. The Bertz CT molecular complexity index is 1540. The minimum absolute atomic E-state index is 0.0282. The van der Waals surface area contributed by atoms with Crippen molar-refractivity contribution in [2.24, 2.45) is 0 Å². The number of halogens is 4. The molecule has 0 saturated heterocycles. The van der Waals surface area contributed by atoms with E-state index in [0.717, 1.165) is 34.5 Å². The lowest BCUT2D eigenvalue weighted by atomic mass is 10.1. The average molecular weight is 491 g/mol. The van der Waals surface area contributed by atoms with Crippen molar-refractivity contribution in [2.45, 2.75) is 6.18 Å². The summed E-state index contributed by atoms with van der Waals surface area (Å²) in [6.07, 6.45) is 0.525. The van der Waals surface area contributed by atoms with Crippen molar-refractivity contribution in [1.82, 2.24) is 14.4 Å². The van der Waals surface area contributed by atoms with Crippen molar-refractivity contribution in [2.75, 3.05) is 10.6 Å². The van der Waals surface area contributed by atoms with Gasteiger partial charge in [0.2, 0.25) is 5.95 Å². The van der Waals surface area contributed by atoms with Crippen LogP contribution in [-0.4, -0.2) is 20.4 Å². The predicted molar refractivity (Wildman–Crippen MR) is 128 cm³/mol. The van der Waals surface area contributed by atoms with Crippen LogP contribution in [0.3, 0.4) is 0 Å². The maximum Gasteiger partial charge on any atom is 0.416 e. The summed E-state index contributed by atoms with van der Waals surface area (Å²) in [6, 6.07) is 17.4. The van der Waals surface area contributed by atoms with E-state index in [0.29, 0.717) is 11.3 Å². The molecule has 3 aromatic heterocycles. The number of anilines is 2. The molecule has 0 fully saturated rings. The first-order valence-electron chi connectivity index (χ1n) is 10.7. The Kier molecular flexibility index (Phi) is 5.85. The molecule has 6 nitrogen and oxygen atoms in total. The zero-order valence-electron chi connectivity index (χ0n) is 18.4. The third-order valence-electron chi connectivity index (χ3n) is 5.46. The molecule has 0 unspecified atom stereocenters. The van der Waals surface area contributed by atoms with Gasteiger partial charge in [-0.3, -0.25) is 4.40 Å². The number of benzene rings is 2. The maximum absolute atomic E-state index is 13.1. The van der Waals surface area contributed by atoms with Crippen LogP contribution in [0, 0.1) is 5.95 Å². The van der Waals surface area contributed by atoms with Gasteiger partial charge in [-0.2, -0.15) is 17.6 Å². The van der Waals surface area contributed by atoms with Crippen molar-refractivity contribution in [3.63, 3.8) is 0 Å². The number of pyridine rings is 2. The number of rotatable bonds is 4. The molecule has 3 heterocycles. The van der Waals surface area contributed by atoms with Gasteiger partial charge in [-0.05, 0) is 60.2 Å². The number of carbonyl (C=O) groups is 1. The van der Waals surface area contributed by atoms with E-state index in [2.05, 4.69) is 20.6 Å². The summed E-state index contributed by atoms with van der Waals surface area (Å²) >= 11 is 0.